The summed E-state index contributed by atoms with van der Waals surface area (Å²) >= 11 is 0. The Kier molecular flexibility index (Phi) is 4.20. The van der Waals surface area contributed by atoms with Crippen molar-refractivity contribution in [2.45, 2.75) is 31.1 Å². The molecule has 138 valence electrons. The first-order chi connectivity index (χ1) is 12.8. The van der Waals surface area contributed by atoms with Gasteiger partial charge < -0.3 is 5.32 Å². The smallest absolute Gasteiger partial charge is 0.256 e. The van der Waals surface area contributed by atoms with Gasteiger partial charge >= 0.3 is 0 Å². The Balaban J connectivity index is 1.79. The Morgan fingerprint density at radius 3 is 2.70 bits per heavy atom. The van der Waals surface area contributed by atoms with Crippen LogP contribution in [0.25, 0.3) is 10.9 Å². The molecule has 6 nitrogen and oxygen atoms in total. The molecule has 1 aliphatic rings. The van der Waals surface area contributed by atoms with Gasteiger partial charge in [-0.25, -0.2) is 13.6 Å². The number of carbonyl (C=O) groups excluding carboxylic acids is 1. The molecule has 0 atom stereocenters. The largest absolute Gasteiger partial charge is 0.322 e. The molecule has 0 fully saturated rings. The van der Waals surface area contributed by atoms with Crippen molar-refractivity contribution >= 4 is 32.5 Å². The van der Waals surface area contributed by atoms with E-state index < -0.39 is 10.0 Å². The zero-order chi connectivity index (χ0) is 19.2. The number of hydrogen-bond acceptors (Lipinski definition) is 4. The number of amides is 1. The van der Waals surface area contributed by atoms with Gasteiger partial charge in [-0.05, 0) is 55.5 Å². The van der Waals surface area contributed by atoms with E-state index in [2.05, 4.69) is 10.3 Å². The van der Waals surface area contributed by atoms with Crippen LogP contribution in [0.15, 0.2) is 47.4 Å². The normalized spacial score (nSPS) is 13.6. The maximum Gasteiger partial charge on any atom is 0.256 e. The van der Waals surface area contributed by atoms with Gasteiger partial charge in [-0.2, -0.15) is 0 Å². The van der Waals surface area contributed by atoms with Crippen LogP contribution in [0.5, 0.6) is 0 Å². The molecule has 7 heteroatoms. The zero-order valence-corrected chi connectivity index (χ0v) is 15.6. The summed E-state index contributed by atoms with van der Waals surface area (Å²) in [5.41, 5.74) is 4.27. The van der Waals surface area contributed by atoms with Gasteiger partial charge in [0.25, 0.3) is 5.91 Å². The van der Waals surface area contributed by atoms with Crippen molar-refractivity contribution in [2.24, 2.45) is 5.14 Å². The van der Waals surface area contributed by atoms with Crippen molar-refractivity contribution in [1.82, 2.24) is 4.98 Å². The Bertz CT molecular complexity index is 1190. The number of nitrogens with zero attached hydrogens (tertiary/aromatic N) is 1. The van der Waals surface area contributed by atoms with E-state index in [1.165, 1.54) is 6.07 Å². The monoisotopic (exact) mass is 381 g/mol. The fourth-order valence-electron chi connectivity index (χ4n) is 3.65. The third-order valence-corrected chi connectivity index (χ3v) is 5.95. The molecule has 0 spiro atoms. The highest BCUT2D eigenvalue weighted by Crippen LogP contribution is 2.31. The van der Waals surface area contributed by atoms with E-state index in [9.17, 15) is 13.2 Å². The summed E-state index contributed by atoms with van der Waals surface area (Å²) in [6.07, 6.45) is 2.64. The van der Waals surface area contributed by atoms with E-state index >= 15 is 0 Å². The van der Waals surface area contributed by atoms with Crippen molar-refractivity contribution in [1.29, 1.82) is 0 Å². The Hall–Kier alpha value is -2.77. The Morgan fingerprint density at radius 2 is 1.93 bits per heavy atom. The van der Waals surface area contributed by atoms with Crippen molar-refractivity contribution < 1.29 is 13.2 Å². The molecule has 3 aromatic rings. The molecule has 27 heavy (non-hydrogen) atoms. The average molecular weight is 381 g/mol. The molecular weight excluding hydrogens is 362 g/mol. The van der Waals surface area contributed by atoms with Crippen LogP contribution in [-0.2, 0) is 22.9 Å². The van der Waals surface area contributed by atoms with Gasteiger partial charge in [0.15, 0.2) is 0 Å². The van der Waals surface area contributed by atoms with Gasteiger partial charge in [0, 0.05) is 16.8 Å². The number of pyridine rings is 1. The van der Waals surface area contributed by atoms with Crippen molar-refractivity contribution in [2.75, 3.05) is 5.32 Å². The predicted octanol–water partition coefficient (Wildman–Crippen LogP) is 2.93. The molecule has 1 heterocycles. The zero-order valence-electron chi connectivity index (χ0n) is 14.8. The lowest BCUT2D eigenvalue weighted by Crippen LogP contribution is -2.17. The molecule has 0 saturated carbocycles. The molecular formula is C20H19N3O3S. The number of fused-ring (bicyclic) bond motifs is 2. The maximum atomic E-state index is 13.1. The lowest BCUT2D eigenvalue weighted by molar-refractivity contribution is 0.102. The predicted molar refractivity (Wildman–Crippen MR) is 104 cm³/mol. The summed E-state index contributed by atoms with van der Waals surface area (Å²) in [6.45, 7) is 1.66. The summed E-state index contributed by atoms with van der Waals surface area (Å²) < 4.78 is 23.5. The minimum atomic E-state index is -3.86. The van der Waals surface area contributed by atoms with E-state index in [0.29, 0.717) is 16.8 Å². The van der Waals surface area contributed by atoms with Crippen LogP contribution in [0.4, 0.5) is 5.69 Å². The summed E-state index contributed by atoms with van der Waals surface area (Å²) in [6, 6.07) is 12.3. The number of para-hydroxylation sites is 1. The third kappa shape index (κ3) is 3.20. The summed E-state index contributed by atoms with van der Waals surface area (Å²) in [5.74, 6) is -0.268. The number of aromatic nitrogens is 1. The first-order valence-corrected chi connectivity index (χ1v) is 10.2. The topological polar surface area (TPSA) is 102 Å². The minimum absolute atomic E-state index is 0.00474. The van der Waals surface area contributed by atoms with Gasteiger partial charge in [0.05, 0.1) is 16.0 Å². The van der Waals surface area contributed by atoms with Crippen LogP contribution in [0.3, 0.4) is 0 Å². The second kappa shape index (κ2) is 6.44. The molecule has 0 radical (unpaired) electrons. The molecule has 4 rings (SSSR count). The van der Waals surface area contributed by atoms with Gasteiger partial charge in [0.2, 0.25) is 10.0 Å². The molecule has 0 aliphatic heterocycles. The first kappa shape index (κ1) is 17.6. The molecule has 0 saturated heterocycles. The highest BCUT2D eigenvalue weighted by Gasteiger charge is 2.24. The number of sulfonamides is 1. The number of benzene rings is 2. The quantitative estimate of drug-likeness (QED) is 0.728. The van der Waals surface area contributed by atoms with Gasteiger partial charge in [0.1, 0.15) is 0 Å². The number of nitrogens with one attached hydrogen (secondary N) is 1. The van der Waals surface area contributed by atoms with Crippen molar-refractivity contribution in [3.05, 3.63) is 64.8 Å². The minimum Gasteiger partial charge on any atom is -0.322 e. The highest BCUT2D eigenvalue weighted by atomic mass is 32.2. The van der Waals surface area contributed by atoms with Crippen LogP contribution in [-0.4, -0.2) is 19.3 Å². The van der Waals surface area contributed by atoms with Crippen LogP contribution >= 0.6 is 0 Å². The fourth-order valence-corrected chi connectivity index (χ4v) is 4.46. The molecule has 3 N–H and O–H groups in total. The molecule has 0 unspecified atom stereocenters. The van der Waals surface area contributed by atoms with Crippen LogP contribution in [0.1, 0.15) is 33.6 Å². The number of aryl methyl sites for hydroxylation is 2. The second-order valence-electron chi connectivity index (χ2n) is 6.76. The SMILES string of the molecule is Cc1ccc(NC(=O)c2c3c(nc4ccccc24)CCC3)cc1S(N)(=O)=O. The second-order valence-corrected chi connectivity index (χ2v) is 8.29. The van der Waals surface area contributed by atoms with Crippen molar-refractivity contribution in [3.63, 3.8) is 0 Å². The number of primary sulfonamides is 1. The summed E-state index contributed by atoms with van der Waals surface area (Å²) in [5, 5.41) is 8.90. The molecule has 0 bridgehead atoms. The molecule has 1 aliphatic carbocycles. The molecule has 1 aromatic heterocycles. The maximum absolute atomic E-state index is 13.1. The molecule has 1 amide bonds. The van der Waals surface area contributed by atoms with Crippen molar-refractivity contribution in [3.8, 4) is 0 Å². The highest BCUT2D eigenvalue weighted by molar-refractivity contribution is 7.89. The number of anilines is 1. The average Bonchev–Trinajstić information content (AvgIpc) is 3.08. The number of hydrogen-bond donors (Lipinski definition) is 2. The van der Waals surface area contributed by atoms with Crippen LogP contribution in [0.2, 0.25) is 0 Å². The van der Waals surface area contributed by atoms with E-state index in [1.807, 2.05) is 24.3 Å². The lowest BCUT2D eigenvalue weighted by atomic mass is 10.0. The van der Waals surface area contributed by atoms with Gasteiger partial charge in [-0.3, -0.25) is 9.78 Å². The number of rotatable bonds is 3. The number of nitrogens with two attached hydrogens (primary N) is 1. The van der Waals surface area contributed by atoms with E-state index in [4.69, 9.17) is 5.14 Å². The standard InChI is InChI=1S/C20H19N3O3S/c1-12-9-10-13(11-18(12)27(21,25)26)22-20(24)19-14-5-2-3-7-16(14)23-17-8-4-6-15(17)19/h2-3,5,7,9-11H,4,6,8H2,1H3,(H,22,24)(H2,21,25,26). The Morgan fingerprint density at radius 1 is 1.15 bits per heavy atom. The fraction of sp³-hybridized carbons (Fsp3) is 0.200. The van der Waals surface area contributed by atoms with Gasteiger partial charge in [-0.1, -0.05) is 24.3 Å². The van der Waals surface area contributed by atoms with Crippen LogP contribution in [0, 0.1) is 6.92 Å². The van der Waals surface area contributed by atoms with Gasteiger partial charge in [-0.15, -0.1) is 0 Å². The van der Waals surface area contributed by atoms with Crippen LogP contribution < -0.4 is 10.5 Å². The first-order valence-electron chi connectivity index (χ1n) is 8.70. The lowest BCUT2D eigenvalue weighted by Gasteiger charge is -2.13. The molecule has 2 aromatic carbocycles. The number of carbonyl (C=O) groups is 1. The summed E-state index contributed by atoms with van der Waals surface area (Å²) in [4.78, 5) is 17.8. The third-order valence-electron chi connectivity index (χ3n) is 4.90. The van der Waals surface area contributed by atoms with E-state index in [0.717, 1.165) is 41.4 Å². The Labute approximate surface area is 157 Å². The van der Waals surface area contributed by atoms with E-state index in [-0.39, 0.29) is 10.8 Å². The van der Waals surface area contributed by atoms with E-state index in [1.54, 1.807) is 19.1 Å². The summed E-state index contributed by atoms with van der Waals surface area (Å²) in [7, 11) is -3.86.